The van der Waals surface area contributed by atoms with Crippen molar-refractivity contribution in [1.82, 2.24) is 5.43 Å². The second kappa shape index (κ2) is 7.34. The standard InChI is InChI=1S/C17H27FN2O/c1-3-21-17(9-7-13(2)8-10-17)16(20-19)12-14-5-4-6-15(18)11-14/h4-6,11,13,16,20H,3,7-10,12,19H2,1-2H3. The minimum atomic E-state index is -0.234. The summed E-state index contributed by atoms with van der Waals surface area (Å²) < 4.78 is 19.5. The molecule has 2 rings (SSSR count). The number of hydrazine groups is 1. The molecule has 0 aromatic heterocycles. The molecule has 1 atom stereocenters. The fourth-order valence-corrected chi connectivity index (χ4v) is 3.43. The van der Waals surface area contributed by atoms with E-state index in [1.807, 2.05) is 13.0 Å². The molecule has 118 valence electrons. The van der Waals surface area contributed by atoms with Crippen molar-refractivity contribution in [3.05, 3.63) is 35.6 Å². The molecule has 0 aliphatic heterocycles. The summed E-state index contributed by atoms with van der Waals surface area (Å²) >= 11 is 0. The molecule has 1 saturated carbocycles. The maximum atomic E-state index is 13.4. The molecule has 1 fully saturated rings. The monoisotopic (exact) mass is 294 g/mol. The molecular weight excluding hydrogens is 267 g/mol. The summed E-state index contributed by atoms with van der Waals surface area (Å²) in [6, 6.07) is 6.74. The molecule has 0 amide bonds. The highest BCUT2D eigenvalue weighted by Crippen LogP contribution is 2.38. The molecule has 3 N–H and O–H groups in total. The number of hydrogen-bond acceptors (Lipinski definition) is 3. The zero-order chi connectivity index (χ0) is 15.3. The topological polar surface area (TPSA) is 47.3 Å². The summed E-state index contributed by atoms with van der Waals surface area (Å²) in [4.78, 5) is 0. The fraction of sp³-hybridized carbons (Fsp3) is 0.647. The molecule has 0 spiro atoms. The third-order valence-corrected chi connectivity index (χ3v) is 4.72. The predicted molar refractivity (Wildman–Crippen MR) is 83.2 cm³/mol. The van der Waals surface area contributed by atoms with Crippen LogP contribution in [0.5, 0.6) is 0 Å². The van der Waals surface area contributed by atoms with Gasteiger partial charge in [0.1, 0.15) is 5.82 Å². The average molecular weight is 294 g/mol. The van der Waals surface area contributed by atoms with Crippen LogP contribution in [0.1, 0.15) is 45.1 Å². The van der Waals surface area contributed by atoms with Gasteiger partial charge in [-0.1, -0.05) is 19.1 Å². The highest BCUT2D eigenvalue weighted by atomic mass is 19.1. The highest BCUT2D eigenvalue weighted by molar-refractivity contribution is 5.19. The van der Waals surface area contributed by atoms with Gasteiger partial charge in [0.15, 0.2) is 0 Å². The number of nitrogens with two attached hydrogens (primary N) is 1. The molecule has 0 bridgehead atoms. The molecule has 3 nitrogen and oxygen atoms in total. The molecule has 1 aromatic carbocycles. The lowest BCUT2D eigenvalue weighted by Gasteiger charge is -2.44. The summed E-state index contributed by atoms with van der Waals surface area (Å²) in [5.74, 6) is 6.35. The quantitative estimate of drug-likeness (QED) is 0.626. The van der Waals surface area contributed by atoms with Crippen molar-refractivity contribution in [3.8, 4) is 0 Å². The van der Waals surface area contributed by atoms with Crippen LogP contribution in [-0.4, -0.2) is 18.2 Å². The molecule has 0 radical (unpaired) electrons. The van der Waals surface area contributed by atoms with Gasteiger partial charge in [-0.05, 0) is 62.6 Å². The van der Waals surface area contributed by atoms with Crippen LogP contribution in [0.4, 0.5) is 4.39 Å². The van der Waals surface area contributed by atoms with E-state index >= 15 is 0 Å². The van der Waals surface area contributed by atoms with E-state index in [1.165, 1.54) is 6.07 Å². The van der Waals surface area contributed by atoms with E-state index in [-0.39, 0.29) is 17.5 Å². The molecule has 21 heavy (non-hydrogen) atoms. The van der Waals surface area contributed by atoms with Gasteiger partial charge in [-0.25, -0.2) is 4.39 Å². The van der Waals surface area contributed by atoms with Crippen LogP contribution in [0.25, 0.3) is 0 Å². The summed E-state index contributed by atoms with van der Waals surface area (Å²) in [7, 11) is 0. The Hall–Kier alpha value is -0.970. The number of hydrogen-bond donors (Lipinski definition) is 2. The van der Waals surface area contributed by atoms with Gasteiger partial charge in [0.2, 0.25) is 0 Å². The van der Waals surface area contributed by atoms with E-state index in [9.17, 15) is 4.39 Å². The van der Waals surface area contributed by atoms with Gasteiger partial charge >= 0.3 is 0 Å². The van der Waals surface area contributed by atoms with Crippen LogP contribution in [-0.2, 0) is 11.2 Å². The Morgan fingerprint density at radius 3 is 2.71 bits per heavy atom. The van der Waals surface area contributed by atoms with Crippen molar-refractivity contribution in [2.45, 2.75) is 57.6 Å². The summed E-state index contributed by atoms with van der Waals surface area (Å²) in [5, 5.41) is 0. The molecule has 0 saturated heterocycles. The maximum absolute atomic E-state index is 13.4. The van der Waals surface area contributed by atoms with Crippen LogP contribution in [0.3, 0.4) is 0 Å². The van der Waals surface area contributed by atoms with Crippen LogP contribution >= 0.6 is 0 Å². The predicted octanol–water partition coefficient (Wildman–Crippen LogP) is 3.19. The number of nitrogens with one attached hydrogen (secondary N) is 1. The average Bonchev–Trinajstić information content (AvgIpc) is 2.48. The highest BCUT2D eigenvalue weighted by Gasteiger charge is 2.41. The second-order valence-corrected chi connectivity index (χ2v) is 6.23. The van der Waals surface area contributed by atoms with Gasteiger partial charge in [0.05, 0.1) is 11.6 Å². The SMILES string of the molecule is CCOC1(C(Cc2cccc(F)c2)NN)CCC(C)CC1. The Labute approximate surface area is 127 Å². The van der Waals surface area contributed by atoms with Gasteiger partial charge in [0.25, 0.3) is 0 Å². The maximum Gasteiger partial charge on any atom is 0.123 e. The first kappa shape index (κ1) is 16.4. The Morgan fingerprint density at radius 2 is 2.14 bits per heavy atom. The summed E-state index contributed by atoms with van der Waals surface area (Å²) in [6.45, 7) is 4.98. The van der Waals surface area contributed by atoms with Crippen LogP contribution in [0.15, 0.2) is 24.3 Å². The Morgan fingerprint density at radius 1 is 1.43 bits per heavy atom. The van der Waals surface area contributed by atoms with Crippen LogP contribution in [0, 0.1) is 11.7 Å². The molecule has 1 aromatic rings. The second-order valence-electron chi connectivity index (χ2n) is 6.23. The first-order chi connectivity index (χ1) is 10.1. The summed E-state index contributed by atoms with van der Waals surface area (Å²) in [6.07, 6.45) is 5.00. The van der Waals surface area contributed by atoms with Crippen molar-refractivity contribution >= 4 is 0 Å². The molecule has 1 aliphatic rings. The van der Waals surface area contributed by atoms with E-state index in [4.69, 9.17) is 10.6 Å². The van der Waals surface area contributed by atoms with Crippen molar-refractivity contribution in [3.63, 3.8) is 0 Å². The first-order valence-electron chi connectivity index (χ1n) is 7.94. The van der Waals surface area contributed by atoms with Crippen molar-refractivity contribution < 1.29 is 9.13 Å². The summed E-state index contributed by atoms with van der Waals surface area (Å²) in [5.41, 5.74) is 3.65. The van der Waals surface area contributed by atoms with Gasteiger partial charge in [-0.3, -0.25) is 11.3 Å². The van der Waals surface area contributed by atoms with E-state index < -0.39 is 0 Å². The van der Waals surface area contributed by atoms with Gasteiger partial charge in [-0.2, -0.15) is 0 Å². The molecule has 0 heterocycles. The van der Waals surface area contributed by atoms with Crippen molar-refractivity contribution in [1.29, 1.82) is 0 Å². The van der Waals surface area contributed by atoms with E-state index in [0.29, 0.717) is 13.0 Å². The Bertz CT molecular complexity index is 444. The third-order valence-electron chi connectivity index (χ3n) is 4.72. The van der Waals surface area contributed by atoms with E-state index in [0.717, 1.165) is 37.2 Å². The largest absolute Gasteiger partial charge is 0.374 e. The molecular formula is C17H27FN2O. The lowest BCUT2D eigenvalue weighted by atomic mass is 9.74. The third kappa shape index (κ3) is 4.02. The van der Waals surface area contributed by atoms with Gasteiger partial charge in [-0.15, -0.1) is 0 Å². The smallest absolute Gasteiger partial charge is 0.123 e. The van der Waals surface area contributed by atoms with Crippen LogP contribution in [0.2, 0.25) is 0 Å². The number of benzene rings is 1. The first-order valence-corrected chi connectivity index (χ1v) is 7.94. The Balaban J connectivity index is 2.15. The van der Waals surface area contributed by atoms with Crippen molar-refractivity contribution in [2.75, 3.05) is 6.61 Å². The van der Waals surface area contributed by atoms with Crippen molar-refractivity contribution in [2.24, 2.45) is 11.8 Å². The number of ether oxygens (including phenoxy) is 1. The van der Waals surface area contributed by atoms with E-state index in [2.05, 4.69) is 12.3 Å². The van der Waals surface area contributed by atoms with E-state index in [1.54, 1.807) is 12.1 Å². The minimum absolute atomic E-state index is 0.00625. The van der Waals surface area contributed by atoms with Gasteiger partial charge in [0, 0.05) is 6.61 Å². The number of halogens is 1. The minimum Gasteiger partial charge on any atom is -0.374 e. The fourth-order valence-electron chi connectivity index (χ4n) is 3.43. The molecule has 1 unspecified atom stereocenters. The lowest BCUT2D eigenvalue weighted by Crippen LogP contribution is -2.57. The van der Waals surface area contributed by atoms with Crippen LogP contribution < -0.4 is 11.3 Å². The zero-order valence-electron chi connectivity index (χ0n) is 13.1. The normalized spacial score (nSPS) is 27.5. The zero-order valence-corrected chi connectivity index (χ0v) is 13.1. The molecule has 1 aliphatic carbocycles. The molecule has 4 heteroatoms. The van der Waals surface area contributed by atoms with Gasteiger partial charge < -0.3 is 4.74 Å². The number of rotatable bonds is 6. The lowest BCUT2D eigenvalue weighted by molar-refractivity contribution is -0.0961. The Kier molecular flexibility index (Phi) is 5.73.